The van der Waals surface area contributed by atoms with Crippen LogP contribution in [0.3, 0.4) is 0 Å². The van der Waals surface area contributed by atoms with Gasteiger partial charge in [-0.15, -0.1) is 11.3 Å². The molecule has 0 aliphatic heterocycles. The number of carbonyl (C=O) groups excluding carboxylic acids is 1. The molecule has 0 saturated carbocycles. The highest BCUT2D eigenvalue weighted by Gasteiger charge is 2.19. The van der Waals surface area contributed by atoms with Crippen LogP contribution in [0, 0.1) is 0 Å². The summed E-state index contributed by atoms with van der Waals surface area (Å²) in [5.41, 5.74) is -0.193. The largest absolute Gasteiger partial charge is 0.464 e. The Balaban J connectivity index is 2.47. The van der Waals surface area contributed by atoms with E-state index in [1.807, 2.05) is 13.0 Å². The van der Waals surface area contributed by atoms with Gasteiger partial charge in [0.05, 0.1) is 18.3 Å². The monoisotopic (exact) mass is 280 g/mol. The second-order valence-electron chi connectivity index (χ2n) is 4.17. The molecule has 2 aromatic rings. The van der Waals surface area contributed by atoms with Crippen molar-refractivity contribution in [3.05, 3.63) is 27.6 Å². The molecule has 0 saturated heterocycles. The fraction of sp³-hybridized carbons (Fsp3) is 0.462. The third-order valence-electron chi connectivity index (χ3n) is 2.92. The Morgan fingerprint density at radius 1 is 1.53 bits per heavy atom. The van der Waals surface area contributed by atoms with Gasteiger partial charge < -0.3 is 4.74 Å². The fourth-order valence-corrected chi connectivity index (χ4v) is 2.74. The maximum absolute atomic E-state index is 12.3. The van der Waals surface area contributed by atoms with Crippen LogP contribution in [0.2, 0.25) is 0 Å². The molecule has 2 rings (SSSR count). The molecule has 0 aliphatic rings. The minimum Gasteiger partial charge on any atom is -0.464 e. The van der Waals surface area contributed by atoms with Gasteiger partial charge in [0.2, 0.25) is 0 Å². The number of aromatic nitrogens is 2. The number of aryl methyl sites for hydroxylation is 1. The molecule has 1 atom stereocenters. The zero-order chi connectivity index (χ0) is 14.0. The van der Waals surface area contributed by atoms with Gasteiger partial charge in [0, 0.05) is 4.88 Å². The molecule has 0 unspecified atom stereocenters. The Labute approximate surface area is 114 Å². The van der Waals surface area contributed by atoms with Crippen LogP contribution in [0.5, 0.6) is 0 Å². The molecule has 2 heterocycles. The number of rotatable bonds is 4. The van der Waals surface area contributed by atoms with Gasteiger partial charge in [0.15, 0.2) is 0 Å². The highest BCUT2D eigenvalue weighted by atomic mass is 32.1. The summed E-state index contributed by atoms with van der Waals surface area (Å²) in [6.07, 6.45) is 2.29. The van der Waals surface area contributed by atoms with E-state index in [1.165, 1.54) is 22.2 Å². The molecular formula is C13H16N2O3S. The molecule has 0 aliphatic carbocycles. The SMILES string of the molecule is CCOC(=O)[C@H](C)n1cnc2sc(CC)cc2c1=O. The van der Waals surface area contributed by atoms with Gasteiger partial charge in [-0.25, -0.2) is 9.78 Å². The predicted molar refractivity (Wildman–Crippen MR) is 74.6 cm³/mol. The van der Waals surface area contributed by atoms with Crippen LogP contribution in [-0.4, -0.2) is 22.1 Å². The van der Waals surface area contributed by atoms with Crippen molar-refractivity contribution in [1.29, 1.82) is 0 Å². The lowest BCUT2D eigenvalue weighted by molar-refractivity contribution is -0.146. The lowest BCUT2D eigenvalue weighted by atomic mass is 10.3. The topological polar surface area (TPSA) is 61.2 Å². The smallest absolute Gasteiger partial charge is 0.328 e. The molecule has 0 N–H and O–H groups in total. The van der Waals surface area contributed by atoms with Crippen LogP contribution in [0.25, 0.3) is 10.2 Å². The van der Waals surface area contributed by atoms with Crippen LogP contribution >= 0.6 is 11.3 Å². The third-order valence-corrected chi connectivity index (χ3v) is 4.11. The number of esters is 1. The van der Waals surface area contributed by atoms with Gasteiger partial charge in [-0.05, 0) is 26.3 Å². The Morgan fingerprint density at radius 2 is 2.26 bits per heavy atom. The Hall–Kier alpha value is -1.69. The summed E-state index contributed by atoms with van der Waals surface area (Å²) < 4.78 is 6.25. The lowest BCUT2D eigenvalue weighted by Gasteiger charge is -2.12. The van der Waals surface area contributed by atoms with Crippen LogP contribution in [0.4, 0.5) is 0 Å². The average Bonchev–Trinajstić information content (AvgIpc) is 2.83. The van der Waals surface area contributed by atoms with Crippen LogP contribution in [0.15, 0.2) is 17.2 Å². The highest BCUT2D eigenvalue weighted by molar-refractivity contribution is 7.18. The van der Waals surface area contributed by atoms with E-state index < -0.39 is 12.0 Å². The van der Waals surface area contributed by atoms with Crippen molar-refractivity contribution in [2.24, 2.45) is 0 Å². The summed E-state index contributed by atoms with van der Waals surface area (Å²) in [6, 6.07) is 1.19. The van der Waals surface area contributed by atoms with Crippen molar-refractivity contribution in [3.8, 4) is 0 Å². The van der Waals surface area contributed by atoms with E-state index in [2.05, 4.69) is 4.98 Å². The zero-order valence-electron chi connectivity index (χ0n) is 11.2. The Bertz CT molecular complexity index is 659. The van der Waals surface area contributed by atoms with E-state index in [0.29, 0.717) is 16.8 Å². The van der Waals surface area contributed by atoms with Crippen molar-refractivity contribution in [2.45, 2.75) is 33.2 Å². The average molecular weight is 280 g/mol. The molecule has 102 valence electrons. The summed E-state index contributed by atoms with van der Waals surface area (Å²) in [4.78, 5) is 30.1. The van der Waals surface area contributed by atoms with Crippen molar-refractivity contribution in [1.82, 2.24) is 9.55 Å². The van der Waals surface area contributed by atoms with Gasteiger partial charge in [-0.3, -0.25) is 9.36 Å². The summed E-state index contributed by atoms with van der Waals surface area (Å²) in [5.74, 6) is -0.420. The number of thiophene rings is 1. The second-order valence-corrected chi connectivity index (χ2v) is 5.29. The Morgan fingerprint density at radius 3 is 2.89 bits per heavy atom. The standard InChI is InChI=1S/C13H16N2O3S/c1-4-9-6-10-11(19-9)14-7-15(12(10)16)8(3)13(17)18-5-2/h6-8H,4-5H2,1-3H3/t8-/m0/s1. The molecule has 0 spiro atoms. The number of carbonyl (C=O) groups is 1. The van der Waals surface area contributed by atoms with Crippen LogP contribution in [-0.2, 0) is 16.0 Å². The fourth-order valence-electron chi connectivity index (χ4n) is 1.81. The summed E-state index contributed by atoms with van der Waals surface area (Å²) in [5, 5.41) is 0.570. The van der Waals surface area contributed by atoms with E-state index in [4.69, 9.17) is 4.74 Å². The molecule has 0 amide bonds. The Kier molecular flexibility index (Phi) is 3.99. The quantitative estimate of drug-likeness (QED) is 0.805. The van der Waals surface area contributed by atoms with Gasteiger partial charge in [0.1, 0.15) is 10.9 Å². The van der Waals surface area contributed by atoms with E-state index in [-0.39, 0.29) is 5.56 Å². The molecule has 6 heteroatoms. The summed E-state index contributed by atoms with van der Waals surface area (Å²) in [7, 11) is 0. The van der Waals surface area contributed by atoms with Gasteiger partial charge in [-0.2, -0.15) is 0 Å². The highest BCUT2D eigenvalue weighted by Crippen LogP contribution is 2.21. The van der Waals surface area contributed by atoms with Crippen molar-refractivity contribution < 1.29 is 9.53 Å². The van der Waals surface area contributed by atoms with Gasteiger partial charge in [-0.1, -0.05) is 6.92 Å². The van der Waals surface area contributed by atoms with E-state index in [9.17, 15) is 9.59 Å². The third kappa shape index (κ3) is 2.53. The van der Waals surface area contributed by atoms with Gasteiger partial charge >= 0.3 is 5.97 Å². The van der Waals surface area contributed by atoms with Crippen molar-refractivity contribution in [3.63, 3.8) is 0 Å². The molecule has 5 nitrogen and oxygen atoms in total. The van der Waals surface area contributed by atoms with Crippen molar-refractivity contribution >= 4 is 27.5 Å². The number of hydrogen-bond donors (Lipinski definition) is 0. The summed E-state index contributed by atoms with van der Waals surface area (Å²) in [6.45, 7) is 5.71. The maximum Gasteiger partial charge on any atom is 0.328 e. The van der Waals surface area contributed by atoms with E-state index in [0.717, 1.165) is 11.3 Å². The van der Waals surface area contributed by atoms with Gasteiger partial charge in [0.25, 0.3) is 5.56 Å². The first-order valence-corrected chi connectivity index (χ1v) is 7.06. The first kappa shape index (κ1) is 13.7. The molecule has 0 fully saturated rings. The normalized spacial score (nSPS) is 12.6. The zero-order valence-corrected chi connectivity index (χ0v) is 12.0. The van der Waals surface area contributed by atoms with Crippen LogP contribution in [0.1, 0.15) is 31.7 Å². The van der Waals surface area contributed by atoms with Crippen molar-refractivity contribution in [2.75, 3.05) is 6.61 Å². The molecule has 0 aromatic carbocycles. The number of ether oxygens (including phenoxy) is 1. The van der Waals surface area contributed by atoms with E-state index >= 15 is 0 Å². The van der Waals surface area contributed by atoms with Crippen LogP contribution < -0.4 is 5.56 Å². The minimum atomic E-state index is -0.658. The molecule has 0 bridgehead atoms. The molecule has 0 radical (unpaired) electrons. The second kappa shape index (κ2) is 5.52. The van der Waals surface area contributed by atoms with E-state index in [1.54, 1.807) is 13.8 Å². The molecule has 2 aromatic heterocycles. The predicted octanol–water partition coefficient (Wildman–Crippen LogP) is 2.14. The molecular weight excluding hydrogens is 264 g/mol. The lowest BCUT2D eigenvalue weighted by Crippen LogP contribution is -2.29. The minimum absolute atomic E-state index is 0.193. The number of hydrogen-bond acceptors (Lipinski definition) is 5. The molecule has 19 heavy (non-hydrogen) atoms. The first-order valence-electron chi connectivity index (χ1n) is 6.24. The first-order chi connectivity index (χ1) is 9.08. The number of fused-ring (bicyclic) bond motifs is 1. The summed E-state index contributed by atoms with van der Waals surface area (Å²) >= 11 is 1.51. The maximum atomic E-state index is 12.3. The number of nitrogens with zero attached hydrogens (tertiary/aromatic N) is 2.